The average Bonchev–Trinajstić information content (AvgIpc) is 3.77. The second kappa shape index (κ2) is 13.1. The van der Waals surface area contributed by atoms with Crippen molar-refractivity contribution in [1.29, 1.82) is 0 Å². The molecule has 0 unspecified atom stereocenters. The summed E-state index contributed by atoms with van der Waals surface area (Å²) in [4.78, 5) is 22.9. The highest BCUT2D eigenvalue weighted by Gasteiger charge is 2.24. The van der Waals surface area contributed by atoms with Gasteiger partial charge < -0.3 is 34.1 Å². The third-order valence-corrected chi connectivity index (χ3v) is 8.51. The zero-order chi connectivity index (χ0) is 33.2. The van der Waals surface area contributed by atoms with E-state index in [0.717, 1.165) is 73.7 Å². The van der Waals surface area contributed by atoms with E-state index in [9.17, 15) is 0 Å². The Hall–Kier alpha value is -5.81. The van der Waals surface area contributed by atoms with Crippen molar-refractivity contribution in [3.05, 3.63) is 96.2 Å². The fourth-order valence-electron chi connectivity index (χ4n) is 5.91. The maximum atomic E-state index is 6.19. The number of hydrogen-bond donors (Lipinski definition) is 2. The number of anilines is 4. The van der Waals surface area contributed by atoms with Gasteiger partial charge in [0.2, 0.25) is 0 Å². The molecule has 0 saturated heterocycles. The van der Waals surface area contributed by atoms with Gasteiger partial charge in [0.15, 0.2) is 23.0 Å². The highest BCUT2D eigenvalue weighted by atomic mass is 35.5. The molecule has 4 aromatic carbocycles. The molecule has 0 atom stereocenters. The predicted molar refractivity (Wildman–Crippen MR) is 189 cm³/mol. The molecule has 0 aliphatic carbocycles. The number of rotatable bonds is 7. The summed E-state index contributed by atoms with van der Waals surface area (Å²) in [7, 11) is 6.46. The minimum Gasteiger partial charge on any atom is -0.493 e. The van der Waals surface area contributed by atoms with Gasteiger partial charge >= 0.3 is 0 Å². The number of fused-ring (bicyclic) bond motifs is 4. The second-order valence-corrected chi connectivity index (χ2v) is 11.4. The van der Waals surface area contributed by atoms with Crippen molar-refractivity contribution in [2.45, 2.75) is 6.42 Å². The molecule has 4 heterocycles. The molecule has 12 heteroatoms. The number of hydrogen-bond acceptors (Lipinski definition) is 10. The van der Waals surface area contributed by atoms with E-state index in [2.05, 4.69) is 47.3 Å². The van der Waals surface area contributed by atoms with Crippen LogP contribution in [0.2, 0.25) is 5.02 Å². The number of ether oxygens (including phenoxy) is 4. The van der Waals surface area contributed by atoms with Gasteiger partial charge in [-0.3, -0.25) is 0 Å². The smallest absolute Gasteiger partial charge is 0.162 e. The van der Waals surface area contributed by atoms with Crippen molar-refractivity contribution in [2.75, 3.05) is 45.2 Å². The number of aromatic nitrogens is 5. The van der Waals surface area contributed by atoms with Gasteiger partial charge in [0.05, 0.1) is 39.5 Å². The first-order chi connectivity index (χ1) is 23.5. The Kier molecular flexibility index (Phi) is 8.43. The van der Waals surface area contributed by atoms with E-state index in [1.807, 2.05) is 60.8 Å². The van der Waals surface area contributed by atoms with Crippen LogP contribution in [-0.2, 0) is 6.42 Å². The molecule has 2 N–H and O–H groups in total. The van der Waals surface area contributed by atoms with Crippen LogP contribution in [0, 0.1) is 0 Å². The van der Waals surface area contributed by atoms with E-state index in [4.69, 9.17) is 30.5 Å². The number of H-pyrrole nitrogens is 1. The normalized spacial score (nSPS) is 12.1. The van der Waals surface area contributed by atoms with Crippen LogP contribution in [0.4, 0.5) is 23.0 Å². The topological polar surface area (TPSA) is 120 Å². The van der Waals surface area contributed by atoms with Gasteiger partial charge in [0, 0.05) is 62.9 Å². The molecule has 0 amide bonds. The van der Waals surface area contributed by atoms with Crippen LogP contribution in [-0.4, -0.2) is 59.9 Å². The summed E-state index contributed by atoms with van der Waals surface area (Å²) in [5.74, 6) is 4.16. The van der Waals surface area contributed by atoms with Crippen LogP contribution < -0.4 is 29.2 Å². The third-order valence-electron chi connectivity index (χ3n) is 8.27. The van der Waals surface area contributed by atoms with Gasteiger partial charge in [0.1, 0.15) is 24.3 Å². The second-order valence-electron chi connectivity index (χ2n) is 10.9. The molecule has 48 heavy (non-hydrogen) atoms. The van der Waals surface area contributed by atoms with Crippen molar-refractivity contribution in [1.82, 2.24) is 24.9 Å². The minimum atomic E-state index is 0.642. The van der Waals surface area contributed by atoms with E-state index < -0.39 is 0 Å². The van der Waals surface area contributed by atoms with E-state index in [1.54, 1.807) is 34.8 Å². The van der Waals surface area contributed by atoms with Gasteiger partial charge in [0.25, 0.3) is 0 Å². The number of methoxy groups -OCH3 is 4. The zero-order valence-electron chi connectivity index (χ0n) is 26.7. The monoisotopic (exact) mass is 661 g/mol. The standard InChI is InChI=1S/C18H16ClN3O2.C18H16N4O2/c1-23-16-8-13-14(9-17(16)24-2)20-10-21-18(13)22-6-5-11-3-4-12(19)7-15(11)22;1-23-16-8-13-15(9-17(16)24-2)20-10-21-18(13)22-12-3-4-14-11(7-12)5-6-19-14/h3-4,7-10H,5-6H2,1-2H3;3-10,19H,1-2H3,(H,20,21,22). The van der Waals surface area contributed by atoms with Crippen molar-refractivity contribution < 1.29 is 18.9 Å². The summed E-state index contributed by atoms with van der Waals surface area (Å²) in [5.41, 5.74) is 6.02. The largest absolute Gasteiger partial charge is 0.493 e. The number of nitrogens with zero attached hydrogens (tertiary/aromatic N) is 5. The molecular formula is C36H32ClN7O4. The van der Waals surface area contributed by atoms with Crippen LogP contribution in [0.1, 0.15) is 5.56 Å². The summed E-state index contributed by atoms with van der Waals surface area (Å²) in [6.45, 7) is 0.857. The summed E-state index contributed by atoms with van der Waals surface area (Å²) < 4.78 is 21.5. The lowest BCUT2D eigenvalue weighted by atomic mass is 10.1. The molecule has 3 aromatic heterocycles. The molecule has 0 spiro atoms. The summed E-state index contributed by atoms with van der Waals surface area (Å²) >= 11 is 6.19. The SMILES string of the molecule is COc1cc2ncnc(N3CCc4ccc(Cl)cc43)c2cc1OC.COc1cc2ncnc(Nc3ccc4[nH]ccc4c3)c2cc1OC. The zero-order valence-corrected chi connectivity index (χ0v) is 27.5. The first kappa shape index (κ1) is 30.8. The third kappa shape index (κ3) is 5.80. The Morgan fingerprint density at radius 3 is 2.10 bits per heavy atom. The Balaban J connectivity index is 0.000000152. The molecule has 1 aliphatic heterocycles. The quantitative estimate of drug-likeness (QED) is 0.175. The highest BCUT2D eigenvalue weighted by molar-refractivity contribution is 6.31. The van der Waals surface area contributed by atoms with Crippen LogP contribution in [0.25, 0.3) is 32.7 Å². The van der Waals surface area contributed by atoms with Crippen LogP contribution in [0.15, 0.2) is 85.6 Å². The van der Waals surface area contributed by atoms with Crippen molar-refractivity contribution in [3.8, 4) is 23.0 Å². The highest BCUT2D eigenvalue weighted by Crippen LogP contribution is 2.41. The summed E-state index contributed by atoms with van der Waals surface area (Å²) in [6.07, 6.45) is 5.99. The minimum absolute atomic E-state index is 0.642. The first-order valence-corrected chi connectivity index (χ1v) is 15.5. The Morgan fingerprint density at radius 2 is 1.38 bits per heavy atom. The average molecular weight is 662 g/mol. The van der Waals surface area contributed by atoms with E-state index >= 15 is 0 Å². The van der Waals surface area contributed by atoms with Crippen molar-refractivity contribution >= 4 is 67.3 Å². The van der Waals surface area contributed by atoms with Crippen molar-refractivity contribution in [2.24, 2.45) is 0 Å². The number of nitrogens with one attached hydrogen (secondary N) is 2. The maximum Gasteiger partial charge on any atom is 0.162 e. The molecular weight excluding hydrogens is 630 g/mol. The molecule has 0 bridgehead atoms. The fourth-order valence-corrected chi connectivity index (χ4v) is 6.07. The number of benzene rings is 4. The molecule has 1 aliphatic rings. The van der Waals surface area contributed by atoms with E-state index in [1.165, 1.54) is 11.9 Å². The molecule has 242 valence electrons. The van der Waals surface area contributed by atoms with Crippen LogP contribution >= 0.6 is 11.6 Å². The van der Waals surface area contributed by atoms with Crippen LogP contribution in [0.5, 0.6) is 23.0 Å². The molecule has 0 fully saturated rings. The Morgan fingerprint density at radius 1 is 0.708 bits per heavy atom. The summed E-state index contributed by atoms with van der Waals surface area (Å²) in [6, 6.07) is 21.6. The van der Waals surface area contributed by atoms with Gasteiger partial charge in [-0.25, -0.2) is 19.9 Å². The predicted octanol–water partition coefficient (Wildman–Crippen LogP) is 7.87. The molecule has 7 aromatic rings. The van der Waals surface area contributed by atoms with Crippen LogP contribution in [0.3, 0.4) is 0 Å². The first-order valence-electron chi connectivity index (χ1n) is 15.1. The number of aromatic amines is 1. The fraction of sp³-hybridized carbons (Fsp3) is 0.167. The molecule has 8 rings (SSSR count). The van der Waals surface area contributed by atoms with E-state index in [-0.39, 0.29) is 0 Å². The Bertz CT molecular complexity index is 2280. The van der Waals surface area contributed by atoms with Gasteiger partial charge in [-0.15, -0.1) is 0 Å². The number of halogens is 1. The Labute approximate surface area is 281 Å². The van der Waals surface area contributed by atoms with E-state index in [0.29, 0.717) is 23.0 Å². The lowest BCUT2D eigenvalue weighted by molar-refractivity contribution is 0.356. The lowest BCUT2D eigenvalue weighted by Gasteiger charge is -2.20. The van der Waals surface area contributed by atoms with Crippen molar-refractivity contribution in [3.63, 3.8) is 0 Å². The molecule has 0 radical (unpaired) electrons. The van der Waals surface area contributed by atoms with Gasteiger partial charge in [-0.1, -0.05) is 17.7 Å². The van der Waals surface area contributed by atoms with Gasteiger partial charge in [-0.2, -0.15) is 0 Å². The molecule has 11 nitrogen and oxygen atoms in total. The lowest BCUT2D eigenvalue weighted by Crippen LogP contribution is -2.15. The maximum absolute atomic E-state index is 6.19. The summed E-state index contributed by atoms with van der Waals surface area (Å²) in [5, 5.41) is 7.00. The molecule has 0 saturated carbocycles. The van der Waals surface area contributed by atoms with Gasteiger partial charge in [-0.05, 0) is 60.5 Å².